The quantitative estimate of drug-likeness (QED) is 0.396. The number of carboxylic acids is 1. The minimum Gasteiger partial charge on any atom is -0.481 e. The van der Waals surface area contributed by atoms with Gasteiger partial charge in [-0.25, -0.2) is 4.79 Å². The average molecular weight is 508 g/mol. The number of halogens is 3. The number of alkyl halides is 3. The summed E-state index contributed by atoms with van der Waals surface area (Å²) >= 11 is 0. The van der Waals surface area contributed by atoms with E-state index in [0.29, 0.717) is 34.5 Å². The molecular weight excluding hydrogens is 481 g/mol. The SMILES string of the molecule is CCN1C(=O)OC(NC)(NC)c2cc(NC)c(-c3cc(C4CC4C(=O)O)ccc3OC(F)(F)F)cc21. The van der Waals surface area contributed by atoms with Gasteiger partial charge in [-0.15, -0.1) is 13.2 Å². The number of nitrogens with one attached hydrogen (secondary N) is 3. The Morgan fingerprint density at radius 3 is 2.42 bits per heavy atom. The molecule has 2 aliphatic rings. The number of carboxylic acid groups (broad SMARTS) is 1. The van der Waals surface area contributed by atoms with Gasteiger partial charge in [-0.05, 0) is 63.2 Å². The van der Waals surface area contributed by atoms with Crippen LogP contribution in [0, 0.1) is 5.92 Å². The normalized spacial score (nSPS) is 20.4. The number of aliphatic carboxylic acids is 1. The Hall–Kier alpha value is -3.51. The molecule has 0 spiro atoms. The molecule has 1 heterocycles. The maximum atomic E-state index is 13.3. The number of ether oxygens (including phenoxy) is 2. The van der Waals surface area contributed by atoms with Crippen molar-refractivity contribution in [1.29, 1.82) is 0 Å². The Balaban J connectivity index is 1.95. The summed E-state index contributed by atoms with van der Waals surface area (Å²) in [6.45, 7) is 2.00. The summed E-state index contributed by atoms with van der Waals surface area (Å²) in [5.74, 6) is -3.64. The van der Waals surface area contributed by atoms with Crippen LogP contribution in [0.15, 0.2) is 30.3 Å². The van der Waals surface area contributed by atoms with Crippen LogP contribution in [-0.2, 0) is 15.4 Å². The lowest BCUT2D eigenvalue weighted by Gasteiger charge is -2.42. The summed E-state index contributed by atoms with van der Waals surface area (Å²) in [6.07, 6.45) is -5.18. The molecule has 1 saturated carbocycles. The maximum Gasteiger partial charge on any atom is 0.573 e. The first-order valence-electron chi connectivity index (χ1n) is 11.4. The molecular formula is C24H27F3N4O5. The van der Waals surface area contributed by atoms with Crippen molar-refractivity contribution in [3.8, 4) is 16.9 Å². The number of amides is 1. The smallest absolute Gasteiger partial charge is 0.481 e. The van der Waals surface area contributed by atoms with E-state index in [-0.39, 0.29) is 18.0 Å². The van der Waals surface area contributed by atoms with Crippen LogP contribution in [0.2, 0.25) is 0 Å². The van der Waals surface area contributed by atoms with Crippen LogP contribution in [0.25, 0.3) is 11.1 Å². The van der Waals surface area contributed by atoms with Gasteiger partial charge in [-0.3, -0.25) is 20.3 Å². The molecule has 1 fully saturated rings. The first-order valence-corrected chi connectivity index (χ1v) is 11.4. The Morgan fingerprint density at radius 2 is 1.89 bits per heavy atom. The molecule has 2 aromatic rings. The van der Waals surface area contributed by atoms with E-state index < -0.39 is 35.9 Å². The van der Waals surface area contributed by atoms with Crippen LogP contribution < -0.4 is 25.6 Å². The zero-order valence-electron chi connectivity index (χ0n) is 20.1. The van der Waals surface area contributed by atoms with Crippen molar-refractivity contribution in [3.63, 3.8) is 0 Å². The number of rotatable bonds is 8. The van der Waals surface area contributed by atoms with E-state index in [9.17, 15) is 27.9 Å². The van der Waals surface area contributed by atoms with Gasteiger partial charge in [0.05, 0.1) is 17.2 Å². The lowest BCUT2D eigenvalue weighted by atomic mass is 9.93. The molecule has 0 aromatic heterocycles. The van der Waals surface area contributed by atoms with Crippen molar-refractivity contribution >= 4 is 23.4 Å². The molecule has 0 saturated heterocycles. The minimum absolute atomic E-state index is 0.113. The van der Waals surface area contributed by atoms with Crippen molar-refractivity contribution < 1.29 is 37.3 Å². The summed E-state index contributed by atoms with van der Waals surface area (Å²) < 4.78 is 49.9. The first-order chi connectivity index (χ1) is 17.0. The second-order valence-electron chi connectivity index (χ2n) is 8.55. The van der Waals surface area contributed by atoms with Gasteiger partial charge >= 0.3 is 18.4 Å². The van der Waals surface area contributed by atoms with Gasteiger partial charge in [0.15, 0.2) is 0 Å². The fraction of sp³-hybridized carbons (Fsp3) is 0.417. The van der Waals surface area contributed by atoms with Crippen molar-refractivity contribution in [1.82, 2.24) is 10.6 Å². The lowest BCUT2D eigenvalue weighted by Crippen LogP contribution is -2.59. The van der Waals surface area contributed by atoms with E-state index in [2.05, 4.69) is 20.7 Å². The number of hydrogen-bond acceptors (Lipinski definition) is 7. The third kappa shape index (κ3) is 4.42. The molecule has 2 unspecified atom stereocenters. The van der Waals surface area contributed by atoms with Gasteiger partial charge in [0, 0.05) is 30.4 Å². The second-order valence-corrected chi connectivity index (χ2v) is 8.55. The highest BCUT2D eigenvalue weighted by atomic mass is 19.4. The molecule has 2 atom stereocenters. The third-order valence-corrected chi connectivity index (χ3v) is 6.61. The number of carbonyl (C=O) groups excluding carboxylic acids is 1. The molecule has 9 nitrogen and oxygen atoms in total. The molecule has 1 aliphatic carbocycles. The van der Waals surface area contributed by atoms with E-state index in [0.717, 1.165) is 0 Å². The van der Waals surface area contributed by atoms with Gasteiger partial charge in [0.25, 0.3) is 5.85 Å². The topological polar surface area (TPSA) is 112 Å². The molecule has 2 aromatic carbocycles. The number of anilines is 2. The first kappa shape index (κ1) is 25.6. The number of benzene rings is 2. The van der Waals surface area contributed by atoms with E-state index >= 15 is 0 Å². The molecule has 0 radical (unpaired) electrons. The average Bonchev–Trinajstić information content (AvgIpc) is 3.63. The van der Waals surface area contributed by atoms with Crippen molar-refractivity contribution in [2.75, 3.05) is 37.9 Å². The number of nitrogens with zero attached hydrogens (tertiary/aromatic N) is 1. The molecule has 4 N–H and O–H groups in total. The highest BCUT2D eigenvalue weighted by Gasteiger charge is 2.46. The molecule has 1 aliphatic heterocycles. The zero-order valence-corrected chi connectivity index (χ0v) is 20.1. The standard InChI is InChI=1S/C24H27F3N4O5/c1-5-31-19-10-14(18(28-2)11-17(19)23(29-3,30-4)36-22(31)34)15-8-12(13-9-16(13)21(32)33)6-7-20(15)35-24(25,26)27/h6-8,10-11,13,16,28-30H,5,9H2,1-4H3,(H,32,33). The number of fused-ring (bicyclic) bond motifs is 1. The summed E-state index contributed by atoms with van der Waals surface area (Å²) in [7, 11) is 4.83. The third-order valence-electron chi connectivity index (χ3n) is 6.61. The molecule has 12 heteroatoms. The number of cyclic esters (lactones) is 1. The molecule has 194 valence electrons. The van der Waals surface area contributed by atoms with Crippen LogP contribution in [0.5, 0.6) is 5.75 Å². The van der Waals surface area contributed by atoms with Crippen LogP contribution in [-0.4, -0.2) is 51.2 Å². The lowest BCUT2D eigenvalue weighted by molar-refractivity contribution is -0.274. The number of carbonyl (C=O) groups is 2. The summed E-state index contributed by atoms with van der Waals surface area (Å²) in [4.78, 5) is 25.6. The Morgan fingerprint density at radius 1 is 1.19 bits per heavy atom. The van der Waals surface area contributed by atoms with Gasteiger partial charge in [0.1, 0.15) is 5.75 Å². The van der Waals surface area contributed by atoms with E-state index in [1.807, 2.05) is 0 Å². The van der Waals surface area contributed by atoms with Crippen molar-refractivity contribution in [2.45, 2.75) is 31.5 Å². The fourth-order valence-corrected chi connectivity index (χ4v) is 4.70. The van der Waals surface area contributed by atoms with Crippen molar-refractivity contribution in [3.05, 3.63) is 41.5 Å². The minimum atomic E-state index is -4.94. The van der Waals surface area contributed by atoms with E-state index in [1.165, 1.54) is 23.1 Å². The van der Waals surface area contributed by atoms with E-state index in [4.69, 9.17) is 4.74 Å². The van der Waals surface area contributed by atoms with Crippen molar-refractivity contribution in [2.24, 2.45) is 5.92 Å². The molecule has 0 bridgehead atoms. The van der Waals surface area contributed by atoms with Gasteiger partial charge in [0.2, 0.25) is 0 Å². The summed E-state index contributed by atoms with van der Waals surface area (Å²) in [6, 6.07) is 7.48. The predicted molar refractivity (Wildman–Crippen MR) is 126 cm³/mol. The second kappa shape index (κ2) is 9.17. The monoisotopic (exact) mass is 508 g/mol. The highest BCUT2D eigenvalue weighted by molar-refractivity contribution is 5.95. The molecule has 4 rings (SSSR count). The number of hydrogen-bond donors (Lipinski definition) is 4. The Kier molecular flexibility index (Phi) is 6.52. The van der Waals surface area contributed by atoms with E-state index in [1.54, 1.807) is 40.2 Å². The maximum absolute atomic E-state index is 13.3. The van der Waals surface area contributed by atoms with Gasteiger partial charge in [-0.1, -0.05) is 6.07 Å². The van der Waals surface area contributed by atoms with Crippen LogP contribution in [0.4, 0.5) is 29.3 Å². The van der Waals surface area contributed by atoms with Gasteiger partial charge in [-0.2, -0.15) is 0 Å². The summed E-state index contributed by atoms with van der Waals surface area (Å²) in [5, 5.41) is 18.3. The highest BCUT2D eigenvalue weighted by Crippen LogP contribution is 2.51. The summed E-state index contributed by atoms with van der Waals surface area (Å²) in [5.41, 5.74) is 2.49. The fourth-order valence-electron chi connectivity index (χ4n) is 4.70. The van der Waals surface area contributed by atoms with Gasteiger partial charge < -0.3 is 19.9 Å². The largest absolute Gasteiger partial charge is 0.573 e. The molecule has 1 amide bonds. The Bertz CT molecular complexity index is 1200. The van der Waals surface area contributed by atoms with Crippen LogP contribution >= 0.6 is 0 Å². The van der Waals surface area contributed by atoms with Crippen LogP contribution in [0.1, 0.15) is 30.4 Å². The zero-order chi connectivity index (χ0) is 26.4. The predicted octanol–water partition coefficient (Wildman–Crippen LogP) is 4.01. The van der Waals surface area contributed by atoms with Crippen LogP contribution in [0.3, 0.4) is 0 Å². The molecule has 36 heavy (non-hydrogen) atoms. The Labute approximate surface area is 205 Å².